The van der Waals surface area contributed by atoms with Gasteiger partial charge in [0.25, 0.3) is 5.91 Å². The van der Waals surface area contributed by atoms with E-state index in [2.05, 4.69) is 4.99 Å². The van der Waals surface area contributed by atoms with E-state index in [4.69, 9.17) is 16.3 Å². The molecular weight excluding hydrogens is 400 g/mol. The number of imide groups is 1. The van der Waals surface area contributed by atoms with Gasteiger partial charge in [-0.05, 0) is 41.5 Å². The van der Waals surface area contributed by atoms with Gasteiger partial charge in [-0.2, -0.15) is 0 Å². The van der Waals surface area contributed by atoms with Gasteiger partial charge < -0.3 is 4.74 Å². The molecule has 1 aliphatic rings. The molecule has 0 radical (unpaired) electrons. The van der Waals surface area contributed by atoms with E-state index in [1.807, 2.05) is 30.3 Å². The summed E-state index contributed by atoms with van der Waals surface area (Å²) in [6.45, 7) is 0.392. The summed E-state index contributed by atoms with van der Waals surface area (Å²) in [5, 5.41) is 0.339. The van der Waals surface area contributed by atoms with E-state index in [1.165, 1.54) is 0 Å². The molecule has 0 aliphatic carbocycles. The summed E-state index contributed by atoms with van der Waals surface area (Å²) < 4.78 is 5.24. The third-order valence-electron chi connectivity index (χ3n) is 4.97. The normalized spacial score (nSPS) is 16.1. The number of methoxy groups -OCH3 is 1. The molecule has 1 atom stereocenters. The van der Waals surface area contributed by atoms with Crippen LogP contribution in [0.15, 0.2) is 77.8 Å². The lowest BCUT2D eigenvalue weighted by atomic mass is 9.89. The lowest BCUT2D eigenvalue weighted by Gasteiger charge is -2.31. The van der Waals surface area contributed by atoms with E-state index in [1.54, 1.807) is 55.8 Å². The molecule has 150 valence electrons. The van der Waals surface area contributed by atoms with E-state index >= 15 is 0 Å². The van der Waals surface area contributed by atoms with Gasteiger partial charge in [-0.25, -0.2) is 4.90 Å². The van der Waals surface area contributed by atoms with Gasteiger partial charge in [-0.15, -0.1) is 0 Å². The van der Waals surface area contributed by atoms with Crippen molar-refractivity contribution in [1.29, 1.82) is 0 Å². The second-order valence-electron chi connectivity index (χ2n) is 6.84. The molecule has 0 saturated heterocycles. The molecule has 0 aromatic heterocycles. The van der Waals surface area contributed by atoms with Crippen LogP contribution in [0.3, 0.4) is 0 Å². The maximum Gasteiger partial charge on any atom is 0.265 e. The first-order valence-electron chi connectivity index (χ1n) is 9.45. The predicted octanol–water partition coefficient (Wildman–Crippen LogP) is 4.89. The Morgan fingerprint density at radius 1 is 1.03 bits per heavy atom. The third-order valence-corrected chi connectivity index (χ3v) is 5.29. The Hall–Kier alpha value is -3.44. The maximum absolute atomic E-state index is 13.3. The van der Waals surface area contributed by atoms with Crippen molar-refractivity contribution in [3.05, 3.63) is 94.5 Å². The van der Waals surface area contributed by atoms with Crippen molar-refractivity contribution >= 4 is 35.3 Å². The molecule has 4 rings (SSSR count). The molecule has 1 heterocycles. The number of carbonyl (C=O) groups excluding carboxylic acids is 2. The van der Waals surface area contributed by atoms with Crippen molar-refractivity contribution < 1.29 is 14.3 Å². The average Bonchev–Trinajstić information content (AvgIpc) is 2.77. The first-order chi connectivity index (χ1) is 14.6. The smallest absolute Gasteiger partial charge is 0.265 e. The van der Waals surface area contributed by atoms with Crippen LogP contribution in [0.2, 0.25) is 5.02 Å². The van der Waals surface area contributed by atoms with Crippen molar-refractivity contribution in [3.63, 3.8) is 0 Å². The van der Waals surface area contributed by atoms with Crippen molar-refractivity contribution in [2.45, 2.75) is 12.5 Å². The van der Waals surface area contributed by atoms with Crippen LogP contribution in [-0.2, 0) is 11.3 Å². The minimum Gasteiger partial charge on any atom is -0.497 e. The van der Waals surface area contributed by atoms with Crippen LogP contribution in [0.5, 0.6) is 5.75 Å². The number of aliphatic imine (C=N–C) groups is 1. The standard InChI is InChI=1S/C24H19ClN2O3/c1-30-17-8-6-7-16(13-17)14-26-15-20-18-9-2-3-10-19(18)23(28)27(24(20)29)22-12-5-4-11-21(22)25/h2-13,15,20H,14H2,1H3. The molecule has 0 N–H and O–H groups in total. The quantitative estimate of drug-likeness (QED) is 0.438. The number of fused-ring (bicyclic) bond motifs is 1. The zero-order valence-corrected chi connectivity index (χ0v) is 17.0. The number of rotatable bonds is 5. The summed E-state index contributed by atoms with van der Waals surface area (Å²) in [5.74, 6) is -0.694. The van der Waals surface area contributed by atoms with Gasteiger partial charge in [-0.3, -0.25) is 14.6 Å². The lowest BCUT2D eigenvalue weighted by molar-refractivity contribution is -0.118. The number of ether oxygens (including phenoxy) is 1. The number of anilines is 1. The highest BCUT2D eigenvalue weighted by Crippen LogP contribution is 2.35. The Kier molecular flexibility index (Phi) is 5.63. The second kappa shape index (κ2) is 8.51. The fourth-order valence-corrected chi connectivity index (χ4v) is 3.72. The summed E-state index contributed by atoms with van der Waals surface area (Å²) in [6, 6.07) is 21.5. The number of amides is 2. The molecule has 1 unspecified atom stereocenters. The van der Waals surface area contributed by atoms with Gasteiger partial charge in [-0.1, -0.05) is 54.1 Å². The highest BCUT2D eigenvalue weighted by molar-refractivity contribution is 6.37. The second-order valence-corrected chi connectivity index (χ2v) is 7.24. The molecule has 0 saturated carbocycles. The minimum atomic E-state index is -0.680. The van der Waals surface area contributed by atoms with Crippen molar-refractivity contribution in [2.75, 3.05) is 12.0 Å². The SMILES string of the molecule is COc1cccc(CN=CC2C(=O)N(c3ccccc3Cl)C(=O)c3ccccc32)c1. The zero-order chi connectivity index (χ0) is 21.1. The van der Waals surface area contributed by atoms with Crippen molar-refractivity contribution in [3.8, 4) is 5.75 Å². The Bertz CT molecular complexity index is 1140. The molecule has 6 heteroatoms. The fraction of sp³-hybridized carbons (Fsp3) is 0.125. The highest BCUT2D eigenvalue weighted by atomic mass is 35.5. The van der Waals surface area contributed by atoms with Gasteiger partial charge in [0.1, 0.15) is 5.75 Å². The van der Waals surface area contributed by atoms with E-state index < -0.39 is 5.92 Å². The molecule has 3 aromatic carbocycles. The van der Waals surface area contributed by atoms with E-state index in [0.29, 0.717) is 28.4 Å². The van der Waals surface area contributed by atoms with E-state index in [9.17, 15) is 9.59 Å². The van der Waals surface area contributed by atoms with Crippen LogP contribution in [0.1, 0.15) is 27.4 Å². The maximum atomic E-state index is 13.3. The minimum absolute atomic E-state index is 0.339. The van der Waals surface area contributed by atoms with Gasteiger partial charge in [0.2, 0.25) is 5.91 Å². The average molecular weight is 419 g/mol. The van der Waals surface area contributed by atoms with Crippen LogP contribution in [-0.4, -0.2) is 25.1 Å². The predicted molar refractivity (Wildman–Crippen MR) is 118 cm³/mol. The molecule has 3 aromatic rings. The first kappa shape index (κ1) is 19.9. The van der Waals surface area contributed by atoms with Gasteiger partial charge in [0.05, 0.1) is 30.3 Å². The monoisotopic (exact) mass is 418 g/mol. The van der Waals surface area contributed by atoms with Gasteiger partial charge in [0, 0.05) is 11.8 Å². The van der Waals surface area contributed by atoms with Gasteiger partial charge >= 0.3 is 0 Å². The largest absolute Gasteiger partial charge is 0.497 e. The van der Waals surface area contributed by atoms with Crippen LogP contribution >= 0.6 is 11.6 Å². The molecule has 2 amide bonds. The Morgan fingerprint density at radius 3 is 2.60 bits per heavy atom. The molecule has 0 fully saturated rings. The molecular formula is C24H19ClN2O3. The van der Waals surface area contributed by atoms with E-state index in [0.717, 1.165) is 16.2 Å². The first-order valence-corrected chi connectivity index (χ1v) is 9.82. The fourth-order valence-electron chi connectivity index (χ4n) is 3.50. The Balaban J connectivity index is 1.69. The summed E-state index contributed by atoms with van der Waals surface area (Å²) in [7, 11) is 1.61. The third kappa shape index (κ3) is 3.72. The lowest BCUT2D eigenvalue weighted by Crippen LogP contribution is -2.45. The molecule has 5 nitrogen and oxygen atoms in total. The van der Waals surface area contributed by atoms with E-state index in [-0.39, 0.29) is 11.8 Å². The molecule has 0 spiro atoms. The topological polar surface area (TPSA) is 59.0 Å². The van der Waals surface area contributed by atoms with Crippen LogP contribution in [0.4, 0.5) is 5.69 Å². The van der Waals surface area contributed by atoms with Crippen LogP contribution < -0.4 is 9.64 Å². The van der Waals surface area contributed by atoms with Gasteiger partial charge in [0.15, 0.2) is 0 Å². The number of hydrogen-bond acceptors (Lipinski definition) is 4. The number of carbonyl (C=O) groups is 2. The van der Waals surface area contributed by atoms with Crippen LogP contribution in [0, 0.1) is 0 Å². The van der Waals surface area contributed by atoms with Crippen molar-refractivity contribution in [1.82, 2.24) is 0 Å². The molecule has 30 heavy (non-hydrogen) atoms. The molecule has 0 bridgehead atoms. The number of para-hydroxylation sites is 1. The zero-order valence-electron chi connectivity index (χ0n) is 16.3. The summed E-state index contributed by atoms with van der Waals surface area (Å²) in [4.78, 5) is 32.0. The summed E-state index contributed by atoms with van der Waals surface area (Å²) in [6.07, 6.45) is 1.61. The molecule has 1 aliphatic heterocycles. The highest BCUT2D eigenvalue weighted by Gasteiger charge is 2.39. The number of hydrogen-bond donors (Lipinski definition) is 0. The number of halogens is 1. The van der Waals surface area contributed by atoms with Crippen molar-refractivity contribution in [2.24, 2.45) is 4.99 Å². The number of nitrogens with zero attached hydrogens (tertiary/aromatic N) is 2. The van der Waals surface area contributed by atoms with Crippen LogP contribution in [0.25, 0.3) is 0 Å². The Morgan fingerprint density at radius 2 is 1.80 bits per heavy atom. The number of benzene rings is 3. The Labute approximate surface area is 179 Å². The summed E-state index contributed by atoms with van der Waals surface area (Å²) >= 11 is 6.28. The summed E-state index contributed by atoms with van der Waals surface area (Å²) in [5.41, 5.74) is 2.44.